The minimum atomic E-state index is -0.462. The fourth-order valence-electron chi connectivity index (χ4n) is 2.48. The maximum absolute atomic E-state index is 13.2. The van der Waals surface area contributed by atoms with Gasteiger partial charge in [0.15, 0.2) is 0 Å². The van der Waals surface area contributed by atoms with Gasteiger partial charge in [-0.2, -0.15) is 0 Å². The molecule has 0 fully saturated rings. The lowest BCUT2D eigenvalue weighted by atomic mass is 10.2. The summed E-state index contributed by atoms with van der Waals surface area (Å²) in [6, 6.07) is 19.4. The topological polar surface area (TPSA) is 67.4 Å². The number of anilines is 3. The number of rotatable bonds is 5. The first-order valence-corrected chi connectivity index (χ1v) is 8.17. The molecule has 0 aliphatic rings. The number of carbonyl (C=O) groups excluding carboxylic acids is 2. The Morgan fingerprint density at radius 2 is 1.48 bits per heavy atom. The van der Waals surface area contributed by atoms with Crippen molar-refractivity contribution in [2.24, 2.45) is 0 Å². The lowest BCUT2D eigenvalue weighted by molar-refractivity contribution is 0.0600. The van der Waals surface area contributed by atoms with Gasteiger partial charge in [-0.25, -0.2) is 9.18 Å². The molecule has 3 rings (SSSR count). The molecule has 0 aliphatic heterocycles. The van der Waals surface area contributed by atoms with Crippen molar-refractivity contribution in [3.05, 3.63) is 89.7 Å². The maximum atomic E-state index is 13.2. The van der Waals surface area contributed by atoms with E-state index in [9.17, 15) is 14.0 Å². The van der Waals surface area contributed by atoms with Crippen molar-refractivity contribution in [3.63, 3.8) is 0 Å². The Kier molecular flexibility index (Phi) is 5.47. The average molecular weight is 364 g/mol. The summed E-state index contributed by atoms with van der Waals surface area (Å²) in [5.41, 5.74) is 2.78. The summed E-state index contributed by atoms with van der Waals surface area (Å²) in [6.07, 6.45) is 0. The number of methoxy groups -OCH3 is 1. The van der Waals surface area contributed by atoms with Crippen LogP contribution in [0, 0.1) is 5.82 Å². The van der Waals surface area contributed by atoms with E-state index >= 15 is 0 Å². The van der Waals surface area contributed by atoms with Crippen molar-refractivity contribution < 1.29 is 18.7 Å². The molecule has 0 spiro atoms. The number of esters is 1. The van der Waals surface area contributed by atoms with Crippen LogP contribution < -0.4 is 10.6 Å². The van der Waals surface area contributed by atoms with E-state index in [0.29, 0.717) is 11.3 Å². The van der Waals surface area contributed by atoms with E-state index in [0.717, 1.165) is 11.4 Å². The second-order valence-corrected chi connectivity index (χ2v) is 5.74. The summed E-state index contributed by atoms with van der Waals surface area (Å²) >= 11 is 0. The Morgan fingerprint density at radius 3 is 2.19 bits per heavy atom. The molecule has 0 radical (unpaired) electrons. The molecule has 5 nitrogen and oxygen atoms in total. The van der Waals surface area contributed by atoms with Crippen molar-refractivity contribution in [2.45, 2.75) is 0 Å². The fraction of sp³-hybridized carbons (Fsp3) is 0.0476. The minimum absolute atomic E-state index is 0.247. The van der Waals surface area contributed by atoms with Gasteiger partial charge in [0.25, 0.3) is 5.91 Å². The molecule has 2 N–H and O–H groups in total. The van der Waals surface area contributed by atoms with E-state index in [4.69, 9.17) is 4.74 Å². The van der Waals surface area contributed by atoms with Crippen molar-refractivity contribution in [1.29, 1.82) is 0 Å². The zero-order valence-corrected chi connectivity index (χ0v) is 14.5. The number of carbonyl (C=O) groups is 2. The molecule has 0 bridgehead atoms. The van der Waals surface area contributed by atoms with Crippen LogP contribution in [0.1, 0.15) is 20.7 Å². The highest BCUT2D eigenvalue weighted by atomic mass is 19.1. The average Bonchev–Trinajstić information content (AvgIpc) is 2.69. The van der Waals surface area contributed by atoms with Crippen molar-refractivity contribution in [1.82, 2.24) is 0 Å². The van der Waals surface area contributed by atoms with Crippen molar-refractivity contribution in [3.8, 4) is 0 Å². The van der Waals surface area contributed by atoms with Gasteiger partial charge in [0.1, 0.15) is 5.82 Å². The molecule has 136 valence electrons. The third kappa shape index (κ3) is 4.70. The molecule has 0 saturated heterocycles. The number of amides is 1. The highest BCUT2D eigenvalue weighted by Crippen LogP contribution is 2.20. The van der Waals surface area contributed by atoms with E-state index in [1.807, 2.05) is 6.07 Å². The summed E-state index contributed by atoms with van der Waals surface area (Å²) in [5.74, 6) is -1.26. The van der Waals surface area contributed by atoms with Gasteiger partial charge in [-0.3, -0.25) is 4.79 Å². The number of hydrogen-bond acceptors (Lipinski definition) is 4. The summed E-state index contributed by atoms with van der Waals surface area (Å²) in [6.45, 7) is 0. The van der Waals surface area contributed by atoms with Crippen LogP contribution in [0.15, 0.2) is 72.8 Å². The number of halogens is 1. The molecule has 27 heavy (non-hydrogen) atoms. The van der Waals surface area contributed by atoms with Gasteiger partial charge in [0.2, 0.25) is 0 Å². The number of benzene rings is 3. The molecule has 0 unspecified atom stereocenters. The van der Waals surface area contributed by atoms with E-state index in [1.165, 1.54) is 25.3 Å². The second-order valence-electron chi connectivity index (χ2n) is 5.74. The lowest BCUT2D eigenvalue weighted by Gasteiger charge is -2.10. The van der Waals surface area contributed by atoms with E-state index in [-0.39, 0.29) is 11.5 Å². The van der Waals surface area contributed by atoms with Crippen LogP contribution in [-0.2, 0) is 4.74 Å². The Balaban J connectivity index is 1.67. The first-order valence-electron chi connectivity index (χ1n) is 8.17. The first kappa shape index (κ1) is 18.1. The SMILES string of the molecule is COC(=O)c1cccc(Nc2ccc(NC(=O)c3cccc(F)c3)cc2)c1. The zero-order chi connectivity index (χ0) is 19.2. The molecule has 0 atom stereocenters. The Morgan fingerprint density at radius 1 is 0.815 bits per heavy atom. The Bertz CT molecular complexity index is 971. The van der Waals surface area contributed by atoms with Crippen LogP contribution in [0.5, 0.6) is 0 Å². The smallest absolute Gasteiger partial charge is 0.337 e. The normalized spacial score (nSPS) is 10.1. The van der Waals surface area contributed by atoms with Crippen LogP contribution >= 0.6 is 0 Å². The third-order valence-electron chi connectivity index (χ3n) is 3.80. The predicted octanol–water partition coefficient (Wildman–Crippen LogP) is 4.61. The number of nitrogens with one attached hydrogen (secondary N) is 2. The van der Waals surface area contributed by atoms with E-state index in [2.05, 4.69) is 10.6 Å². The molecule has 6 heteroatoms. The fourth-order valence-corrected chi connectivity index (χ4v) is 2.48. The molecule has 0 heterocycles. The second kappa shape index (κ2) is 8.14. The monoisotopic (exact) mass is 364 g/mol. The van der Waals surface area contributed by atoms with Gasteiger partial charge >= 0.3 is 5.97 Å². The highest BCUT2D eigenvalue weighted by Gasteiger charge is 2.08. The van der Waals surface area contributed by atoms with Crippen LogP contribution in [0.2, 0.25) is 0 Å². The number of ether oxygens (including phenoxy) is 1. The summed E-state index contributed by atoms with van der Waals surface area (Å²) in [5, 5.41) is 5.89. The maximum Gasteiger partial charge on any atom is 0.337 e. The molecular weight excluding hydrogens is 347 g/mol. The summed E-state index contributed by atoms with van der Waals surface area (Å²) in [7, 11) is 1.33. The molecular formula is C21H17FN2O3. The van der Waals surface area contributed by atoms with Gasteiger partial charge in [0, 0.05) is 22.6 Å². The van der Waals surface area contributed by atoms with Crippen LogP contribution in [-0.4, -0.2) is 19.0 Å². The van der Waals surface area contributed by atoms with Gasteiger partial charge < -0.3 is 15.4 Å². The zero-order valence-electron chi connectivity index (χ0n) is 14.5. The molecule has 0 saturated carbocycles. The van der Waals surface area contributed by atoms with Crippen LogP contribution in [0.25, 0.3) is 0 Å². The van der Waals surface area contributed by atoms with Gasteiger partial charge in [-0.1, -0.05) is 12.1 Å². The quantitative estimate of drug-likeness (QED) is 0.649. The Labute approximate surface area is 155 Å². The van der Waals surface area contributed by atoms with Gasteiger partial charge in [-0.05, 0) is 60.7 Å². The summed E-state index contributed by atoms with van der Waals surface area (Å²) in [4.78, 5) is 23.7. The summed E-state index contributed by atoms with van der Waals surface area (Å²) < 4.78 is 17.9. The molecule has 0 aromatic heterocycles. The highest BCUT2D eigenvalue weighted by molar-refractivity contribution is 6.04. The lowest BCUT2D eigenvalue weighted by Crippen LogP contribution is -2.11. The van der Waals surface area contributed by atoms with Crippen molar-refractivity contribution in [2.75, 3.05) is 17.7 Å². The minimum Gasteiger partial charge on any atom is -0.465 e. The number of hydrogen-bond donors (Lipinski definition) is 2. The van der Waals surface area contributed by atoms with E-state index in [1.54, 1.807) is 48.5 Å². The van der Waals surface area contributed by atoms with Crippen LogP contribution in [0.3, 0.4) is 0 Å². The largest absolute Gasteiger partial charge is 0.465 e. The van der Waals surface area contributed by atoms with Gasteiger partial charge in [0.05, 0.1) is 12.7 Å². The molecule has 3 aromatic carbocycles. The molecule has 1 amide bonds. The van der Waals surface area contributed by atoms with Crippen molar-refractivity contribution >= 4 is 28.9 Å². The first-order chi connectivity index (χ1) is 13.0. The van der Waals surface area contributed by atoms with E-state index < -0.39 is 11.8 Å². The van der Waals surface area contributed by atoms with Crippen LogP contribution in [0.4, 0.5) is 21.5 Å². The molecule has 0 aliphatic carbocycles. The van der Waals surface area contributed by atoms with Gasteiger partial charge in [-0.15, -0.1) is 0 Å². The predicted molar refractivity (Wildman–Crippen MR) is 102 cm³/mol. The molecule has 3 aromatic rings. The third-order valence-corrected chi connectivity index (χ3v) is 3.80. The Hall–Kier alpha value is -3.67. The standard InChI is InChI=1S/C21H17FN2O3/c1-27-21(26)15-5-3-7-19(13-15)23-17-8-10-18(11-9-17)24-20(25)14-4-2-6-16(22)12-14/h2-13,23H,1H3,(H,24,25).